The standard InChI is InChI=1S/C15H13Cl2N7OS/c1-6-10-11(18)12(26-15(10)23-22-13(6)17)14(25)21-7-4-24(5-7)9-3-19-8(16)2-20-9/h2-3,7H,4-5,18H2,1H3,(H,21,25). The van der Waals surface area contributed by atoms with Crippen LogP contribution in [0.3, 0.4) is 0 Å². The first kappa shape index (κ1) is 17.2. The second-order valence-electron chi connectivity index (χ2n) is 5.91. The highest BCUT2D eigenvalue weighted by atomic mass is 35.5. The Morgan fingerprint density at radius 3 is 2.77 bits per heavy atom. The van der Waals surface area contributed by atoms with Gasteiger partial charge >= 0.3 is 0 Å². The Balaban J connectivity index is 1.46. The minimum absolute atomic E-state index is 0.000333. The lowest BCUT2D eigenvalue weighted by atomic mass is 10.1. The van der Waals surface area contributed by atoms with Crippen LogP contribution in [0.15, 0.2) is 12.4 Å². The average Bonchev–Trinajstić information content (AvgIpc) is 2.92. The first-order chi connectivity index (χ1) is 12.4. The van der Waals surface area contributed by atoms with Crippen LogP contribution in [0, 0.1) is 6.92 Å². The van der Waals surface area contributed by atoms with E-state index in [1.54, 1.807) is 13.1 Å². The number of halogens is 2. The molecule has 4 heterocycles. The molecular formula is C15H13Cl2N7OS. The smallest absolute Gasteiger partial charge is 0.263 e. The van der Waals surface area contributed by atoms with Gasteiger partial charge in [-0.15, -0.1) is 21.5 Å². The van der Waals surface area contributed by atoms with Gasteiger partial charge in [0.1, 0.15) is 20.7 Å². The lowest BCUT2D eigenvalue weighted by Crippen LogP contribution is -2.59. The van der Waals surface area contributed by atoms with E-state index >= 15 is 0 Å². The highest BCUT2D eigenvalue weighted by Crippen LogP contribution is 2.36. The summed E-state index contributed by atoms with van der Waals surface area (Å²) in [6.45, 7) is 3.08. The van der Waals surface area contributed by atoms with Crippen molar-refractivity contribution < 1.29 is 4.79 Å². The predicted octanol–water partition coefficient (Wildman–Crippen LogP) is 2.30. The predicted molar refractivity (Wildman–Crippen MR) is 102 cm³/mol. The summed E-state index contributed by atoms with van der Waals surface area (Å²) in [6.07, 6.45) is 3.10. The van der Waals surface area contributed by atoms with Crippen LogP contribution in [0.2, 0.25) is 10.3 Å². The molecule has 0 unspecified atom stereocenters. The topological polar surface area (TPSA) is 110 Å². The molecule has 8 nitrogen and oxygen atoms in total. The fourth-order valence-corrected chi connectivity index (χ4v) is 4.01. The summed E-state index contributed by atoms with van der Waals surface area (Å²) in [5.41, 5.74) is 7.27. The van der Waals surface area contributed by atoms with E-state index in [9.17, 15) is 4.79 Å². The third-order valence-electron chi connectivity index (χ3n) is 4.19. The Bertz CT molecular complexity index is 1000. The number of nitrogens with one attached hydrogen (secondary N) is 1. The summed E-state index contributed by atoms with van der Waals surface area (Å²) in [7, 11) is 0. The molecule has 134 valence electrons. The van der Waals surface area contributed by atoms with Crippen LogP contribution in [0.4, 0.5) is 11.5 Å². The van der Waals surface area contributed by atoms with Gasteiger partial charge in [0.05, 0.1) is 24.1 Å². The van der Waals surface area contributed by atoms with E-state index in [4.69, 9.17) is 28.9 Å². The molecule has 3 aromatic rings. The molecule has 1 saturated heterocycles. The number of aromatic nitrogens is 4. The largest absolute Gasteiger partial charge is 0.397 e. The maximum absolute atomic E-state index is 12.6. The minimum atomic E-state index is -0.229. The fourth-order valence-electron chi connectivity index (χ4n) is 2.78. The number of nitrogens with two attached hydrogens (primary N) is 1. The maximum Gasteiger partial charge on any atom is 0.263 e. The van der Waals surface area contributed by atoms with Crippen molar-refractivity contribution in [3.05, 3.63) is 33.1 Å². The van der Waals surface area contributed by atoms with Crippen molar-refractivity contribution in [2.45, 2.75) is 13.0 Å². The van der Waals surface area contributed by atoms with E-state index < -0.39 is 0 Å². The molecule has 0 saturated carbocycles. The summed E-state index contributed by atoms with van der Waals surface area (Å²) in [6, 6.07) is 0.000333. The normalized spacial score (nSPS) is 14.5. The minimum Gasteiger partial charge on any atom is -0.397 e. The van der Waals surface area contributed by atoms with Crippen LogP contribution < -0.4 is 16.0 Å². The number of carbonyl (C=O) groups is 1. The van der Waals surface area contributed by atoms with Gasteiger partial charge in [0.25, 0.3) is 5.91 Å². The molecule has 11 heteroatoms. The van der Waals surface area contributed by atoms with E-state index in [0.29, 0.717) is 39.0 Å². The SMILES string of the molecule is Cc1c(Cl)nnc2sc(C(=O)NC3CN(c4cnc(Cl)cn4)C3)c(N)c12. The number of carbonyl (C=O) groups excluding carboxylic acids is 1. The Labute approximate surface area is 162 Å². The van der Waals surface area contributed by atoms with Gasteiger partial charge in [0, 0.05) is 24.0 Å². The summed E-state index contributed by atoms with van der Waals surface area (Å²) >= 11 is 12.9. The number of anilines is 2. The Morgan fingerprint density at radius 1 is 1.31 bits per heavy atom. The molecular weight excluding hydrogens is 397 g/mol. The van der Waals surface area contributed by atoms with E-state index in [1.807, 2.05) is 4.90 Å². The number of nitrogens with zero attached hydrogens (tertiary/aromatic N) is 5. The highest BCUT2D eigenvalue weighted by Gasteiger charge is 2.31. The first-order valence-corrected chi connectivity index (χ1v) is 9.25. The second kappa shape index (κ2) is 6.49. The number of nitrogen functional groups attached to an aromatic ring is 1. The number of aryl methyl sites for hydroxylation is 1. The molecule has 0 atom stereocenters. The second-order valence-corrected chi connectivity index (χ2v) is 7.66. The third-order valence-corrected chi connectivity index (χ3v) is 5.84. The molecule has 3 aromatic heterocycles. The molecule has 3 N–H and O–H groups in total. The van der Waals surface area contributed by atoms with Gasteiger partial charge in [-0.05, 0) is 6.92 Å². The summed E-state index contributed by atoms with van der Waals surface area (Å²) < 4.78 is 0. The number of hydrogen-bond acceptors (Lipinski definition) is 8. The van der Waals surface area contributed by atoms with Gasteiger partial charge < -0.3 is 16.0 Å². The number of fused-ring (bicyclic) bond motifs is 1. The zero-order chi connectivity index (χ0) is 18.4. The maximum atomic E-state index is 12.6. The van der Waals surface area contributed by atoms with Crippen molar-refractivity contribution in [1.82, 2.24) is 25.5 Å². The quantitative estimate of drug-likeness (QED) is 0.682. The number of rotatable bonds is 3. The summed E-state index contributed by atoms with van der Waals surface area (Å²) in [5.74, 6) is 0.495. The zero-order valence-corrected chi connectivity index (χ0v) is 15.9. The Kier molecular flexibility index (Phi) is 4.29. The van der Waals surface area contributed by atoms with E-state index in [2.05, 4.69) is 25.5 Å². The summed E-state index contributed by atoms with van der Waals surface area (Å²) in [5, 5.41) is 12.2. The molecule has 0 bridgehead atoms. The van der Waals surface area contributed by atoms with Crippen molar-refractivity contribution in [2.75, 3.05) is 23.7 Å². The third kappa shape index (κ3) is 2.91. The fraction of sp³-hybridized carbons (Fsp3) is 0.267. The highest BCUT2D eigenvalue weighted by molar-refractivity contribution is 7.21. The molecule has 0 aliphatic carbocycles. The van der Waals surface area contributed by atoms with Crippen molar-refractivity contribution in [1.29, 1.82) is 0 Å². The zero-order valence-electron chi connectivity index (χ0n) is 13.5. The van der Waals surface area contributed by atoms with Crippen LogP contribution in [0.5, 0.6) is 0 Å². The van der Waals surface area contributed by atoms with Gasteiger partial charge in [0.15, 0.2) is 5.15 Å². The molecule has 1 amide bonds. The van der Waals surface area contributed by atoms with Crippen LogP contribution in [0.1, 0.15) is 15.2 Å². The number of thiophene rings is 1. The van der Waals surface area contributed by atoms with Crippen LogP contribution in [0.25, 0.3) is 10.2 Å². The molecule has 1 aliphatic heterocycles. The van der Waals surface area contributed by atoms with Crippen molar-refractivity contribution in [3.63, 3.8) is 0 Å². The van der Waals surface area contributed by atoms with E-state index in [0.717, 1.165) is 11.4 Å². The van der Waals surface area contributed by atoms with Gasteiger partial charge in [-0.3, -0.25) is 4.79 Å². The lowest BCUT2D eigenvalue weighted by molar-refractivity contribution is 0.0935. The molecule has 1 fully saturated rings. The lowest BCUT2D eigenvalue weighted by Gasteiger charge is -2.40. The van der Waals surface area contributed by atoms with Crippen molar-refractivity contribution in [3.8, 4) is 0 Å². The van der Waals surface area contributed by atoms with Crippen molar-refractivity contribution in [2.24, 2.45) is 0 Å². The summed E-state index contributed by atoms with van der Waals surface area (Å²) in [4.78, 5) is 23.8. The van der Waals surface area contributed by atoms with Gasteiger partial charge in [0.2, 0.25) is 0 Å². The van der Waals surface area contributed by atoms with Crippen LogP contribution in [-0.2, 0) is 0 Å². The Hall–Kier alpha value is -2.23. The molecule has 1 aliphatic rings. The van der Waals surface area contributed by atoms with Crippen LogP contribution in [-0.4, -0.2) is 45.2 Å². The average molecular weight is 410 g/mol. The van der Waals surface area contributed by atoms with E-state index in [-0.39, 0.29) is 17.1 Å². The van der Waals surface area contributed by atoms with Gasteiger partial charge in [-0.25, -0.2) is 9.97 Å². The molecule has 4 rings (SSSR count). The molecule has 0 aromatic carbocycles. The van der Waals surface area contributed by atoms with Crippen molar-refractivity contribution >= 4 is 62.2 Å². The van der Waals surface area contributed by atoms with Gasteiger partial charge in [-0.1, -0.05) is 23.2 Å². The number of hydrogen-bond donors (Lipinski definition) is 2. The molecule has 26 heavy (non-hydrogen) atoms. The van der Waals surface area contributed by atoms with Gasteiger partial charge in [-0.2, -0.15) is 0 Å². The first-order valence-electron chi connectivity index (χ1n) is 7.68. The van der Waals surface area contributed by atoms with E-state index in [1.165, 1.54) is 17.5 Å². The number of amides is 1. The monoisotopic (exact) mass is 409 g/mol. The molecule has 0 spiro atoms. The van der Waals surface area contributed by atoms with Crippen LogP contribution >= 0.6 is 34.5 Å². The molecule has 0 radical (unpaired) electrons. The Morgan fingerprint density at radius 2 is 2.08 bits per heavy atom.